The zero-order valence-electron chi connectivity index (χ0n) is 15.5. The number of amides is 1. The average molecular weight is 393 g/mol. The third-order valence-electron chi connectivity index (χ3n) is 4.35. The zero-order valence-corrected chi connectivity index (χ0v) is 16.3. The molecule has 0 aliphatic carbocycles. The molecule has 2 heterocycles. The highest BCUT2D eigenvalue weighted by Crippen LogP contribution is 2.35. The molecule has 0 unspecified atom stereocenters. The number of nitrogen functional groups attached to an aromatic ring is 1. The molecule has 0 saturated heterocycles. The fraction of sp³-hybridized carbons (Fsp3) is 0.143. The van der Waals surface area contributed by atoms with E-state index >= 15 is 0 Å². The number of rotatable bonds is 5. The third-order valence-corrected chi connectivity index (χ3v) is 5.47. The molecule has 0 saturated carbocycles. The van der Waals surface area contributed by atoms with Gasteiger partial charge in [0, 0.05) is 22.5 Å². The maximum absolute atomic E-state index is 12.7. The molecule has 3 N–H and O–H groups in total. The number of nitrogens with zero attached hydrogens (tertiary/aromatic N) is 1. The number of benzene rings is 2. The second kappa shape index (κ2) is 7.36. The highest BCUT2D eigenvalue weighted by Gasteiger charge is 2.18. The molecule has 0 radical (unpaired) electrons. The summed E-state index contributed by atoms with van der Waals surface area (Å²) in [7, 11) is 1.60. The van der Waals surface area contributed by atoms with Crippen LogP contribution < -0.4 is 20.5 Å². The molecule has 0 bridgehead atoms. The Labute approximate surface area is 165 Å². The van der Waals surface area contributed by atoms with Crippen molar-refractivity contribution in [3.8, 4) is 11.5 Å². The minimum Gasteiger partial charge on any atom is -0.497 e. The van der Waals surface area contributed by atoms with Gasteiger partial charge in [-0.1, -0.05) is 0 Å². The van der Waals surface area contributed by atoms with Gasteiger partial charge in [-0.2, -0.15) is 0 Å². The van der Waals surface area contributed by atoms with Crippen LogP contribution in [-0.4, -0.2) is 24.6 Å². The Bertz CT molecular complexity index is 1170. The molecule has 0 aliphatic rings. The van der Waals surface area contributed by atoms with Crippen molar-refractivity contribution in [2.45, 2.75) is 6.92 Å². The standard InChI is InChI=1S/C21H19N3O3S/c1-3-27-15-7-4-12-10-16-18(22)19(28-21(16)24-17(12)11-15)20(25)23-13-5-8-14(26-2)9-6-13/h4-11H,3,22H2,1-2H3,(H,23,25). The second-order valence-electron chi connectivity index (χ2n) is 6.16. The summed E-state index contributed by atoms with van der Waals surface area (Å²) in [6.45, 7) is 2.53. The van der Waals surface area contributed by atoms with Crippen molar-refractivity contribution < 1.29 is 14.3 Å². The maximum atomic E-state index is 12.7. The average Bonchev–Trinajstić information content (AvgIpc) is 3.03. The van der Waals surface area contributed by atoms with Crippen LogP contribution in [0.2, 0.25) is 0 Å². The van der Waals surface area contributed by atoms with E-state index in [4.69, 9.17) is 15.2 Å². The molecule has 4 rings (SSSR count). The number of fused-ring (bicyclic) bond motifs is 2. The van der Waals surface area contributed by atoms with E-state index in [2.05, 4.69) is 10.3 Å². The van der Waals surface area contributed by atoms with E-state index in [0.717, 1.165) is 32.6 Å². The van der Waals surface area contributed by atoms with Gasteiger partial charge in [0.2, 0.25) is 0 Å². The predicted octanol–water partition coefficient (Wildman–Crippen LogP) is 4.69. The van der Waals surface area contributed by atoms with Crippen LogP contribution in [0.3, 0.4) is 0 Å². The summed E-state index contributed by atoms with van der Waals surface area (Å²) in [5, 5.41) is 4.59. The molecule has 0 aliphatic heterocycles. The summed E-state index contributed by atoms with van der Waals surface area (Å²) >= 11 is 1.28. The number of hydrogen-bond donors (Lipinski definition) is 2. The number of nitrogens with two attached hydrogens (primary N) is 1. The van der Waals surface area contributed by atoms with Gasteiger partial charge in [0.1, 0.15) is 21.2 Å². The lowest BCUT2D eigenvalue weighted by molar-refractivity contribution is 0.103. The summed E-state index contributed by atoms with van der Waals surface area (Å²) in [5.41, 5.74) is 8.19. The van der Waals surface area contributed by atoms with Gasteiger partial charge < -0.3 is 20.5 Å². The first-order valence-electron chi connectivity index (χ1n) is 8.80. The van der Waals surface area contributed by atoms with Crippen molar-refractivity contribution in [3.05, 3.63) is 53.4 Å². The van der Waals surface area contributed by atoms with Gasteiger partial charge in [0.05, 0.1) is 24.9 Å². The third kappa shape index (κ3) is 3.32. The van der Waals surface area contributed by atoms with E-state index in [0.29, 0.717) is 22.9 Å². The first-order chi connectivity index (χ1) is 13.6. The number of pyridine rings is 1. The number of carbonyl (C=O) groups excluding carboxylic acids is 1. The molecule has 0 spiro atoms. The Morgan fingerprint density at radius 1 is 1.14 bits per heavy atom. The molecule has 2 aromatic carbocycles. The number of thiophene rings is 1. The monoisotopic (exact) mass is 393 g/mol. The van der Waals surface area contributed by atoms with Gasteiger partial charge >= 0.3 is 0 Å². The maximum Gasteiger partial charge on any atom is 0.267 e. The molecule has 1 amide bonds. The number of hydrogen-bond acceptors (Lipinski definition) is 6. The van der Waals surface area contributed by atoms with Gasteiger partial charge in [0.25, 0.3) is 5.91 Å². The Kier molecular flexibility index (Phi) is 4.75. The van der Waals surface area contributed by atoms with Crippen LogP contribution in [0.25, 0.3) is 21.1 Å². The van der Waals surface area contributed by atoms with E-state index < -0.39 is 0 Å². The fourth-order valence-electron chi connectivity index (χ4n) is 2.96. The summed E-state index contributed by atoms with van der Waals surface area (Å²) < 4.78 is 10.7. The number of anilines is 2. The van der Waals surface area contributed by atoms with E-state index in [1.165, 1.54) is 11.3 Å². The zero-order chi connectivity index (χ0) is 19.7. The van der Waals surface area contributed by atoms with E-state index in [1.54, 1.807) is 31.4 Å². The molecular weight excluding hydrogens is 374 g/mol. The van der Waals surface area contributed by atoms with Crippen LogP contribution in [0, 0.1) is 0 Å². The lowest BCUT2D eigenvalue weighted by Gasteiger charge is -2.05. The minimum absolute atomic E-state index is 0.260. The summed E-state index contributed by atoms with van der Waals surface area (Å²) in [6, 6.07) is 14.8. The van der Waals surface area contributed by atoms with Gasteiger partial charge in [-0.05, 0) is 49.4 Å². The Hall–Kier alpha value is -3.32. The molecule has 0 fully saturated rings. The summed E-state index contributed by atoms with van der Waals surface area (Å²) in [4.78, 5) is 18.6. The van der Waals surface area contributed by atoms with Crippen molar-refractivity contribution in [1.82, 2.24) is 4.98 Å². The smallest absolute Gasteiger partial charge is 0.267 e. The van der Waals surface area contributed by atoms with Crippen molar-refractivity contribution >= 4 is 49.7 Å². The minimum atomic E-state index is -0.260. The van der Waals surface area contributed by atoms with Crippen molar-refractivity contribution in [1.29, 1.82) is 0 Å². The van der Waals surface area contributed by atoms with Crippen molar-refractivity contribution in [3.63, 3.8) is 0 Å². The molecular formula is C21H19N3O3S. The van der Waals surface area contributed by atoms with Crippen LogP contribution in [0.4, 0.5) is 11.4 Å². The van der Waals surface area contributed by atoms with E-state index in [-0.39, 0.29) is 5.91 Å². The molecule has 7 heteroatoms. The fourth-order valence-corrected chi connectivity index (χ4v) is 3.94. The molecule has 2 aromatic heterocycles. The van der Waals surface area contributed by atoms with E-state index in [1.807, 2.05) is 31.2 Å². The van der Waals surface area contributed by atoms with Gasteiger partial charge in [-0.25, -0.2) is 4.98 Å². The van der Waals surface area contributed by atoms with Gasteiger partial charge in [-0.3, -0.25) is 4.79 Å². The number of aromatic nitrogens is 1. The highest BCUT2D eigenvalue weighted by atomic mass is 32.1. The second-order valence-corrected chi connectivity index (χ2v) is 7.16. The normalized spacial score (nSPS) is 10.9. The Morgan fingerprint density at radius 2 is 1.89 bits per heavy atom. The van der Waals surface area contributed by atoms with E-state index in [9.17, 15) is 4.79 Å². The van der Waals surface area contributed by atoms with Crippen LogP contribution in [0.15, 0.2) is 48.5 Å². The van der Waals surface area contributed by atoms with Gasteiger partial charge in [-0.15, -0.1) is 11.3 Å². The number of nitrogens with one attached hydrogen (secondary N) is 1. The number of ether oxygens (including phenoxy) is 2. The SMILES string of the molecule is CCOc1ccc2cc3c(N)c(C(=O)Nc4ccc(OC)cc4)sc3nc2c1. The number of methoxy groups -OCH3 is 1. The topological polar surface area (TPSA) is 86.5 Å². The van der Waals surface area contributed by atoms with Crippen molar-refractivity contribution in [2.24, 2.45) is 0 Å². The quantitative estimate of drug-likeness (QED) is 0.514. The predicted molar refractivity (Wildman–Crippen MR) is 114 cm³/mol. The highest BCUT2D eigenvalue weighted by molar-refractivity contribution is 7.21. The van der Waals surface area contributed by atoms with Crippen LogP contribution in [-0.2, 0) is 0 Å². The molecule has 4 aromatic rings. The van der Waals surface area contributed by atoms with Crippen LogP contribution >= 0.6 is 11.3 Å². The summed E-state index contributed by atoms with van der Waals surface area (Å²) in [6.07, 6.45) is 0. The Morgan fingerprint density at radius 3 is 2.61 bits per heavy atom. The molecule has 142 valence electrons. The molecule has 6 nitrogen and oxygen atoms in total. The van der Waals surface area contributed by atoms with Crippen LogP contribution in [0.5, 0.6) is 11.5 Å². The lowest BCUT2D eigenvalue weighted by Crippen LogP contribution is -2.11. The lowest BCUT2D eigenvalue weighted by atomic mass is 10.1. The summed E-state index contributed by atoms with van der Waals surface area (Å²) in [5.74, 6) is 1.23. The molecule has 0 atom stereocenters. The van der Waals surface area contributed by atoms with Crippen LogP contribution in [0.1, 0.15) is 16.6 Å². The number of carbonyl (C=O) groups is 1. The Balaban J connectivity index is 1.69. The van der Waals surface area contributed by atoms with Crippen molar-refractivity contribution in [2.75, 3.05) is 24.8 Å². The molecule has 28 heavy (non-hydrogen) atoms. The first-order valence-corrected chi connectivity index (χ1v) is 9.61. The largest absolute Gasteiger partial charge is 0.497 e. The first kappa shape index (κ1) is 18.1. The van der Waals surface area contributed by atoms with Gasteiger partial charge in [0.15, 0.2) is 0 Å².